The third-order valence-corrected chi connectivity index (χ3v) is 4.46. The fourth-order valence-electron chi connectivity index (χ4n) is 2.98. The molecule has 2 N–H and O–H groups in total. The van der Waals surface area contributed by atoms with Gasteiger partial charge in [-0.05, 0) is 62.1 Å². The van der Waals surface area contributed by atoms with Gasteiger partial charge in [-0.1, -0.05) is 25.5 Å². The summed E-state index contributed by atoms with van der Waals surface area (Å²) in [7, 11) is 0. The van der Waals surface area contributed by atoms with Gasteiger partial charge in [0.15, 0.2) is 5.78 Å². The second-order valence-electron chi connectivity index (χ2n) is 6.89. The molecule has 0 aliphatic carbocycles. The van der Waals surface area contributed by atoms with Crippen molar-refractivity contribution >= 4 is 17.8 Å². The summed E-state index contributed by atoms with van der Waals surface area (Å²) >= 11 is 0. The van der Waals surface area contributed by atoms with E-state index in [0.717, 1.165) is 30.9 Å². The molecule has 160 valence electrons. The summed E-state index contributed by atoms with van der Waals surface area (Å²) in [6, 6.07) is 10.6. The molecule has 0 atom stereocenters. The first-order valence-electron chi connectivity index (χ1n) is 10.0. The minimum Gasteiger partial charge on any atom is -0.507 e. The van der Waals surface area contributed by atoms with E-state index in [-0.39, 0.29) is 11.5 Å². The fourth-order valence-corrected chi connectivity index (χ4v) is 2.98. The molecular formula is C24H28O6. The van der Waals surface area contributed by atoms with Crippen LogP contribution < -0.4 is 9.47 Å². The van der Waals surface area contributed by atoms with Gasteiger partial charge in [0.05, 0.1) is 18.8 Å². The smallest absolute Gasteiger partial charge is 0.328 e. The number of carboxylic acids is 1. The van der Waals surface area contributed by atoms with E-state index in [9.17, 15) is 14.7 Å². The number of ketones is 1. The average Bonchev–Trinajstić information content (AvgIpc) is 2.71. The molecule has 0 saturated heterocycles. The second-order valence-corrected chi connectivity index (χ2v) is 6.89. The Hall–Kier alpha value is -3.28. The second kappa shape index (κ2) is 11.7. The average molecular weight is 412 g/mol. The van der Waals surface area contributed by atoms with Gasteiger partial charge >= 0.3 is 5.97 Å². The Morgan fingerprint density at radius 1 is 1.07 bits per heavy atom. The van der Waals surface area contributed by atoms with Crippen molar-refractivity contribution in [2.45, 2.75) is 39.5 Å². The maximum atomic E-state index is 11.6. The zero-order chi connectivity index (χ0) is 21.9. The van der Waals surface area contributed by atoms with Crippen LogP contribution in [0.3, 0.4) is 0 Å². The summed E-state index contributed by atoms with van der Waals surface area (Å²) < 4.78 is 11.6. The number of hydrogen-bond acceptors (Lipinski definition) is 5. The number of phenolic OH excluding ortho intramolecular Hbond substituents is 1. The van der Waals surface area contributed by atoms with Crippen LogP contribution in [0.1, 0.15) is 54.6 Å². The Balaban J connectivity index is 1.82. The van der Waals surface area contributed by atoms with Gasteiger partial charge in [-0.3, -0.25) is 4.79 Å². The van der Waals surface area contributed by atoms with Crippen molar-refractivity contribution in [3.05, 3.63) is 59.2 Å². The number of phenols is 1. The molecule has 2 aromatic rings. The molecule has 0 heterocycles. The number of carbonyl (C=O) groups is 2. The third kappa shape index (κ3) is 6.95. The van der Waals surface area contributed by atoms with E-state index >= 15 is 0 Å². The molecule has 2 rings (SSSR count). The number of rotatable bonds is 12. The van der Waals surface area contributed by atoms with Gasteiger partial charge in [-0.15, -0.1) is 0 Å². The fraction of sp³-hybridized carbons (Fsp3) is 0.333. The lowest BCUT2D eigenvalue weighted by atomic mass is 10.0. The molecule has 0 radical (unpaired) electrons. The first kappa shape index (κ1) is 23.0. The molecular weight excluding hydrogens is 384 g/mol. The van der Waals surface area contributed by atoms with Crippen LogP contribution in [0, 0.1) is 0 Å². The molecule has 0 spiro atoms. The molecule has 0 aliphatic heterocycles. The zero-order valence-corrected chi connectivity index (χ0v) is 17.4. The Bertz CT molecular complexity index is 901. The van der Waals surface area contributed by atoms with Crippen LogP contribution in [0.25, 0.3) is 6.08 Å². The number of Topliss-reactive ketones (excluding diaryl/α,β-unsaturated/α-hetero) is 1. The maximum absolute atomic E-state index is 11.6. The predicted molar refractivity (Wildman–Crippen MR) is 115 cm³/mol. The lowest BCUT2D eigenvalue weighted by Crippen LogP contribution is -2.05. The standard InChI is InChI=1S/C24H28O6/c1-3-7-21-22(12-11-20(17(2)25)24(21)28)30-15-5-4-14-29-19-9-6-8-18(16-19)10-13-23(26)27/h6,8-13,16,28H,3-5,7,14-15H2,1-2H3,(H,26,27). The van der Waals surface area contributed by atoms with Crippen LogP contribution in [0.2, 0.25) is 0 Å². The third-order valence-electron chi connectivity index (χ3n) is 4.46. The van der Waals surface area contributed by atoms with Crippen LogP contribution >= 0.6 is 0 Å². The minimum absolute atomic E-state index is 0.0158. The highest BCUT2D eigenvalue weighted by Crippen LogP contribution is 2.33. The topological polar surface area (TPSA) is 93.1 Å². The monoisotopic (exact) mass is 412 g/mol. The number of carboxylic acid groups (broad SMARTS) is 1. The molecule has 2 aromatic carbocycles. The van der Waals surface area contributed by atoms with Gasteiger partial charge < -0.3 is 19.7 Å². The van der Waals surface area contributed by atoms with E-state index < -0.39 is 5.97 Å². The molecule has 0 amide bonds. The zero-order valence-electron chi connectivity index (χ0n) is 17.4. The molecule has 6 heteroatoms. The van der Waals surface area contributed by atoms with E-state index in [1.807, 2.05) is 19.1 Å². The van der Waals surface area contributed by atoms with Crippen LogP contribution in [0.4, 0.5) is 0 Å². The summed E-state index contributed by atoms with van der Waals surface area (Å²) in [5.74, 6) is 0.141. The number of unbranched alkanes of at least 4 members (excludes halogenated alkanes) is 1. The summed E-state index contributed by atoms with van der Waals surface area (Å²) in [4.78, 5) is 22.2. The molecule has 0 fully saturated rings. The number of hydrogen-bond donors (Lipinski definition) is 2. The quantitative estimate of drug-likeness (QED) is 0.293. The first-order valence-corrected chi connectivity index (χ1v) is 10.0. The van der Waals surface area contributed by atoms with E-state index in [1.165, 1.54) is 13.0 Å². The van der Waals surface area contributed by atoms with Crippen LogP contribution in [0.5, 0.6) is 17.2 Å². The highest BCUT2D eigenvalue weighted by atomic mass is 16.5. The maximum Gasteiger partial charge on any atom is 0.328 e. The van der Waals surface area contributed by atoms with Crippen molar-refractivity contribution in [2.24, 2.45) is 0 Å². The number of benzene rings is 2. The van der Waals surface area contributed by atoms with E-state index in [4.69, 9.17) is 14.6 Å². The lowest BCUT2D eigenvalue weighted by molar-refractivity contribution is -0.131. The predicted octanol–water partition coefficient (Wildman–Crippen LogP) is 4.88. The van der Waals surface area contributed by atoms with Gasteiger partial charge in [0, 0.05) is 11.6 Å². The SMILES string of the molecule is CCCc1c(OCCCCOc2cccc(C=CC(=O)O)c2)ccc(C(C)=O)c1O. The molecule has 30 heavy (non-hydrogen) atoms. The van der Waals surface area contributed by atoms with Crippen LogP contribution in [-0.4, -0.2) is 35.2 Å². The van der Waals surface area contributed by atoms with Crippen LogP contribution in [0.15, 0.2) is 42.5 Å². The molecule has 0 bridgehead atoms. The molecule has 0 aliphatic rings. The van der Waals surface area contributed by atoms with Gasteiger partial charge in [-0.2, -0.15) is 0 Å². The Labute approximate surface area is 176 Å². The van der Waals surface area contributed by atoms with Crippen molar-refractivity contribution in [3.8, 4) is 17.2 Å². The van der Waals surface area contributed by atoms with Crippen molar-refractivity contribution in [1.29, 1.82) is 0 Å². The molecule has 0 aromatic heterocycles. The summed E-state index contributed by atoms with van der Waals surface area (Å²) in [6.45, 7) is 4.42. The number of aliphatic carboxylic acids is 1. The minimum atomic E-state index is -0.993. The lowest BCUT2D eigenvalue weighted by Gasteiger charge is -2.14. The van der Waals surface area contributed by atoms with E-state index in [0.29, 0.717) is 42.3 Å². The van der Waals surface area contributed by atoms with Crippen molar-refractivity contribution < 1.29 is 29.3 Å². The highest BCUT2D eigenvalue weighted by molar-refractivity contribution is 5.97. The summed E-state index contributed by atoms with van der Waals surface area (Å²) in [5, 5.41) is 19.1. The molecule has 6 nitrogen and oxygen atoms in total. The van der Waals surface area contributed by atoms with Crippen molar-refractivity contribution in [2.75, 3.05) is 13.2 Å². The normalized spacial score (nSPS) is 10.9. The highest BCUT2D eigenvalue weighted by Gasteiger charge is 2.15. The van der Waals surface area contributed by atoms with Crippen LogP contribution in [-0.2, 0) is 11.2 Å². The van der Waals surface area contributed by atoms with E-state index in [2.05, 4.69) is 0 Å². The number of ether oxygens (including phenoxy) is 2. The Morgan fingerprint density at radius 2 is 1.80 bits per heavy atom. The van der Waals surface area contributed by atoms with Gasteiger partial charge in [0.2, 0.25) is 0 Å². The summed E-state index contributed by atoms with van der Waals surface area (Å²) in [6.07, 6.45) is 5.61. The summed E-state index contributed by atoms with van der Waals surface area (Å²) in [5.41, 5.74) is 1.75. The first-order chi connectivity index (χ1) is 14.4. The Kier molecular flexibility index (Phi) is 8.94. The van der Waals surface area contributed by atoms with Gasteiger partial charge in [0.1, 0.15) is 17.2 Å². The van der Waals surface area contributed by atoms with E-state index in [1.54, 1.807) is 24.3 Å². The van der Waals surface area contributed by atoms with Gasteiger partial charge in [-0.25, -0.2) is 4.79 Å². The van der Waals surface area contributed by atoms with Crippen molar-refractivity contribution in [3.63, 3.8) is 0 Å². The Morgan fingerprint density at radius 3 is 2.47 bits per heavy atom. The molecule has 0 saturated carbocycles. The largest absolute Gasteiger partial charge is 0.507 e. The van der Waals surface area contributed by atoms with Gasteiger partial charge in [0.25, 0.3) is 0 Å². The number of carbonyl (C=O) groups excluding carboxylic acids is 1. The van der Waals surface area contributed by atoms with Crippen molar-refractivity contribution in [1.82, 2.24) is 0 Å². The number of aromatic hydroxyl groups is 1. The molecule has 0 unspecified atom stereocenters.